The molecule has 0 amide bonds. The van der Waals surface area contributed by atoms with Gasteiger partial charge >= 0.3 is 5.97 Å². The molecule has 0 aliphatic heterocycles. The molecule has 1 fully saturated rings. The second-order valence-corrected chi connectivity index (χ2v) is 6.52. The molecule has 0 bridgehead atoms. The molecule has 1 aromatic rings. The van der Waals surface area contributed by atoms with Crippen molar-refractivity contribution in [3.8, 4) is 0 Å². The normalized spacial score (nSPS) is 21.7. The Kier molecular flexibility index (Phi) is 5.72. The van der Waals surface area contributed by atoms with Gasteiger partial charge in [0, 0.05) is 10.9 Å². The van der Waals surface area contributed by atoms with Crippen LogP contribution in [0.15, 0.2) is 29.8 Å². The Hall–Kier alpha value is -1.94. The third kappa shape index (κ3) is 4.52. The van der Waals surface area contributed by atoms with E-state index in [2.05, 4.69) is 6.92 Å². The molecule has 0 radical (unpaired) electrons. The van der Waals surface area contributed by atoms with Gasteiger partial charge in [0.05, 0.1) is 5.57 Å². The summed E-state index contributed by atoms with van der Waals surface area (Å²) in [6.07, 6.45) is 4.71. The van der Waals surface area contributed by atoms with Crippen molar-refractivity contribution in [2.24, 2.45) is 11.8 Å². The van der Waals surface area contributed by atoms with Crippen molar-refractivity contribution in [1.29, 1.82) is 0 Å². The minimum atomic E-state index is -1.62. The molecule has 23 heavy (non-hydrogen) atoms. The van der Waals surface area contributed by atoms with Crippen molar-refractivity contribution in [2.75, 3.05) is 0 Å². The van der Waals surface area contributed by atoms with Crippen LogP contribution >= 0.6 is 11.6 Å². The van der Waals surface area contributed by atoms with Gasteiger partial charge in [-0.25, -0.2) is 4.79 Å². The van der Waals surface area contributed by atoms with Crippen LogP contribution in [0.4, 0.5) is 0 Å². The lowest BCUT2D eigenvalue weighted by atomic mass is 9.78. The minimum absolute atomic E-state index is 0.265. The van der Waals surface area contributed by atoms with Crippen LogP contribution in [0.5, 0.6) is 0 Å². The lowest BCUT2D eigenvalue weighted by molar-refractivity contribution is -0.148. The van der Waals surface area contributed by atoms with Gasteiger partial charge in [0.2, 0.25) is 0 Å². The summed E-state index contributed by atoms with van der Waals surface area (Å²) in [6, 6.07) is 6.62. The molecule has 4 nitrogen and oxygen atoms in total. The molecule has 5 heteroatoms. The fourth-order valence-electron chi connectivity index (χ4n) is 3.02. The van der Waals surface area contributed by atoms with Crippen LogP contribution in [0.25, 0.3) is 6.08 Å². The Bertz CT molecular complexity index is 663. The highest BCUT2D eigenvalue weighted by Crippen LogP contribution is 2.31. The van der Waals surface area contributed by atoms with Crippen molar-refractivity contribution in [3.63, 3.8) is 0 Å². The summed E-state index contributed by atoms with van der Waals surface area (Å²) in [7, 11) is 0. The Morgan fingerprint density at radius 3 is 2.61 bits per heavy atom. The van der Waals surface area contributed by atoms with E-state index in [0.717, 1.165) is 12.8 Å². The van der Waals surface area contributed by atoms with E-state index in [-0.39, 0.29) is 17.3 Å². The maximum atomic E-state index is 12.7. The zero-order valence-electron chi connectivity index (χ0n) is 12.9. The molecule has 0 unspecified atom stereocenters. The molecule has 0 aromatic heterocycles. The highest BCUT2D eigenvalue weighted by molar-refractivity contribution is 6.48. The van der Waals surface area contributed by atoms with E-state index >= 15 is 0 Å². The lowest BCUT2D eigenvalue weighted by Gasteiger charge is -2.25. The molecule has 1 aliphatic carbocycles. The Labute approximate surface area is 140 Å². The first kappa shape index (κ1) is 17.4. The van der Waals surface area contributed by atoms with Crippen LogP contribution in [0.2, 0.25) is 5.02 Å². The molecular formula is C18H19ClO4. The molecule has 1 aromatic carbocycles. The van der Waals surface area contributed by atoms with Gasteiger partial charge in [0.25, 0.3) is 5.78 Å². The molecule has 1 saturated carbocycles. The van der Waals surface area contributed by atoms with Crippen LogP contribution in [0.3, 0.4) is 0 Å². The van der Waals surface area contributed by atoms with E-state index in [1.54, 1.807) is 24.3 Å². The number of carboxylic acids is 1. The van der Waals surface area contributed by atoms with Crippen molar-refractivity contribution < 1.29 is 19.5 Å². The second kappa shape index (κ2) is 7.55. The van der Waals surface area contributed by atoms with Gasteiger partial charge in [-0.15, -0.1) is 0 Å². The van der Waals surface area contributed by atoms with Crippen LogP contribution in [0, 0.1) is 11.8 Å². The van der Waals surface area contributed by atoms with Crippen molar-refractivity contribution in [3.05, 3.63) is 40.4 Å². The number of carboxylic acid groups (broad SMARTS) is 1. The van der Waals surface area contributed by atoms with E-state index in [0.29, 0.717) is 29.3 Å². The number of rotatable bonds is 5. The summed E-state index contributed by atoms with van der Waals surface area (Å²) in [4.78, 5) is 35.8. The summed E-state index contributed by atoms with van der Waals surface area (Å²) < 4.78 is 0. The van der Waals surface area contributed by atoms with Crippen LogP contribution < -0.4 is 0 Å². The van der Waals surface area contributed by atoms with Gasteiger partial charge in [0.15, 0.2) is 5.78 Å². The highest BCUT2D eigenvalue weighted by atomic mass is 35.5. The second-order valence-electron chi connectivity index (χ2n) is 6.08. The number of Topliss-reactive ketones (excluding diaryl/α,β-unsaturated/α-hetero) is 2. The molecule has 1 aliphatic rings. The summed E-state index contributed by atoms with van der Waals surface area (Å²) in [5, 5.41) is 9.47. The van der Waals surface area contributed by atoms with Crippen LogP contribution in [-0.2, 0) is 14.4 Å². The van der Waals surface area contributed by atoms with Crippen molar-refractivity contribution in [1.82, 2.24) is 0 Å². The van der Waals surface area contributed by atoms with Crippen LogP contribution in [-0.4, -0.2) is 22.6 Å². The molecule has 0 saturated heterocycles. The van der Waals surface area contributed by atoms with Crippen molar-refractivity contribution in [2.45, 2.75) is 32.6 Å². The van der Waals surface area contributed by atoms with E-state index in [1.807, 2.05) is 0 Å². The van der Waals surface area contributed by atoms with Gasteiger partial charge in [-0.2, -0.15) is 0 Å². The monoisotopic (exact) mass is 334 g/mol. The fourth-order valence-corrected chi connectivity index (χ4v) is 3.22. The predicted octanol–water partition coefficient (Wildman–Crippen LogP) is 3.77. The Morgan fingerprint density at radius 2 is 2.00 bits per heavy atom. The first-order valence-corrected chi connectivity index (χ1v) is 8.05. The van der Waals surface area contributed by atoms with Gasteiger partial charge in [0.1, 0.15) is 0 Å². The third-order valence-corrected chi connectivity index (χ3v) is 4.41. The molecule has 0 spiro atoms. The number of carbonyl (C=O) groups excluding carboxylic acids is 2. The lowest BCUT2D eigenvalue weighted by Crippen LogP contribution is -2.29. The number of benzene rings is 1. The van der Waals surface area contributed by atoms with Gasteiger partial charge in [-0.05, 0) is 42.5 Å². The number of carbonyl (C=O) groups is 3. The number of aliphatic carboxylic acids is 1. The summed E-state index contributed by atoms with van der Waals surface area (Å²) in [5.41, 5.74) is 0.276. The number of halogens is 1. The fraction of sp³-hybridized carbons (Fsp3) is 0.389. The van der Waals surface area contributed by atoms with E-state index < -0.39 is 11.8 Å². The predicted molar refractivity (Wildman–Crippen MR) is 88.2 cm³/mol. The molecule has 2 atom stereocenters. The zero-order valence-corrected chi connectivity index (χ0v) is 13.7. The van der Waals surface area contributed by atoms with Gasteiger partial charge in [-0.1, -0.05) is 43.5 Å². The maximum Gasteiger partial charge on any atom is 0.377 e. The number of hydrogen-bond acceptors (Lipinski definition) is 3. The zero-order chi connectivity index (χ0) is 17.0. The smallest absolute Gasteiger partial charge is 0.377 e. The highest BCUT2D eigenvalue weighted by Gasteiger charge is 2.32. The quantitative estimate of drug-likeness (QED) is 0.385. The van der Waals surface area contributed by atoms with Crippen molar-refractivity contribution >= 4 is 35.2 Å². The largest absolute Gasteiger partial charge is 0.475 e. The topological polar surface area (TPSA) is 71.4 Å². The number of ketones is 2. The van der Waals surface area contributed by atoms with E-state index in [4.69, 9.17) is 16.7 Å². The molecule has 122 valence electrons. The Balaban J connectivity index is 2.36. The maximum absolute atomic E-state index is 12.7. The standard InChI is InChI=1S/C18H19ClO4/c1-11-4-2-6-13(8-11)16(20)15(17(21)18(22)23)10-12-5-3-7-14(19)9-12/h3,5,7,9-11,13H,2,4,6,8H2,1H3,(H,22,23)/b15-10-/t11-,13+/m1/s1. The van der Waals surface area contributed by atoms with Gasteiger partial charge in [-0.3, -0.25) is 9.59 Å². The van der Waals surface area contributed by atoms with E-state index in [9.17, 15) is 14.4 Å². The Morgan fingerprint density at radius 1 is 1.26 bits per heavy atom. The first-order valence-electron chi connectivity index (χ1n) is 7.67. The van der Waals surface area contributed by atoms with Crippen LogP contribution in [0.1, 0.15) is 38.2 Å². The minimum Gasteiger partial charge on any atom is -0.475 e. The molecule has 1 N–H and O–H groups in total. The SMILES string of the molecule is C[C@@H]1CCC[C@H](C(=O)/C(=C/c2cccc(Cl)c2)C(=O)C(=O)O)C1. The van der Waals surface area contributed by atoms with Gasteiger partial charge < -0.3 is 5.11 Å². The first-order chi connectivity index (χ1) is 10.9. The average molecular weight is 335 g/mol. The summed E-state index contributed by atoms with van der Waals surface area (Å²) >= 11 is 5.90. The molecule has 0 heterocycles. The number of hydrogen-bond donors (Lipinski definition) is 1. The molecular weight excluding hydrogens is 316 g/mol. The average Bonchev–Trinajstić information content (AvgIpc) is 2.51. The summed E-state index contributed by atoms with van der Waals surface area (Å²) in [5.74, 6) is -3.02. The molecule has 2 rings (SSSR count). The van der Waals surface area contributed by atoms with E-state index in [1.165, 1.54) is 6.08 Å². The summed E-state index contributed by atoms with van der Waals surface area (Å²) in [6.45, 7) is 2.07. The third-order valence-electron chi connectivity index (χ3n) is 4.17.